The van der Waals surface area contributed by atoms with Crippen LogP contribution in [0.5, 0.6) is 5.75 Å². The second-order valence-electron chi connectivity index (χ2n) is 4.45. The van der Waals surface area contributed by atoms with Crippen LogP contribution >= 0.6 is 11.6 Å². The quantitative estimate of drug-likeness (QED) is 0.772. The summed E-state index contributed by atoms with van der Waals surface area (Å²) in [6, 6.07) is 3.64. The maximum atomic E-state index is 10.0. The lowest BCUT2D eigenvalue weighted by Crippen LogP contribution is -2.33. The molecule has 2 nitrogen and oxygen atoms in total. The molecule has 0 amide bonds. The van der Waals surface area contributed by atoms with E-state index in [4.69, 9.17) is 17.3 Å². The van der Waals surface area contributed by atoms with Crippen molar-refractivity contribution in [1.82, 2.24) is 0 Å². The molecule has 0 spiro atoms. The Kier molecular flexibility index (Phi) is 2.65. The first-order chi connectivity index (χ1) is 7.04. The molecular weight excluding hydrogens is 210 g/mol. The third-order valence-electron chi connectivity index (χ3n) is 3.32. The van der Waals surface area contributed by atoms with Gasteiger partial charge in [-0.2, -0.15) is 0 Å². The lowest BCUT2D eigenvalue weighted by molar-refractivity contribution is 0.407. The molecular formula is C12H16ClNO. The summed E-state index contributed by atoms with van der Waals surface area (Å²) in [7, 11) is 0. The summed E-state index contributed by atoms with van der Waals surface area (Å²) in [4.78, 5) is 0. The number of phenols is 1. The standard InChI is InChI=1S/C12H16ClNO/c1-8-4-5-9(13)10(11(8)15)12(14)6-2-3-7-12/h4-5,15H,2-3,6-7,14H2,1H3. The average molecular weight is 226 g/mol. The van der Waals surface area contributed by atoms with Gasteiger partial charge < -0.3 is 10.8 Å². The number of halogens is 1. The van der Waals surface area contributed by atoms with Crippen molar-refractivity contribution in [3.63, 3.8) is 0 Å². The minimum atomic E-state index is -0.423. The highest BCUT2D eigenvalue weighted by atomic mass is 35.5. The molecule has 2 rings (SSSR count). The van der Waals surface area contributed by atoms with Crippen LogP contribution in [0.1, 0.15) is 36.8 Å². The molecule has 1 aromatic rings. The van der Waals surface area contributed by atoms with Gasteiger partial charge in [-0.15, -0.1) is 0 Å². The number of rotatable bonds is 1. The maximum Gasteiger partial charge on any atom is 0.125 e. The average Bonchev–Trinajstić information content (AvgIpc) is 2.60. The van der Waals surface area contributed by atoms with Crippen molar-refractivity contribution in [2.75, 3.05) is 0 Å². The summed E-state index contributed by atoms with van der Waals surface area (Å²) in [5.41, 5.74) is 7.46. The van der Waals surface area contributed by atoms with E-state index in [1.165, 1.54) is 0 Å². The first-order valence-electron chi connectivity index (χ1n) is 5.32. The van der Waals surface area contributed by atoms with E-state index in [1.807, 2.05) is 19.1 Å². The molecule has 15 heavy (non-hydrogen) atoms. The first-order valence-corrected chi connectivity index (χ1v) is 5.70. The molecule has 0 aliphatic heterocycles. The zero-order chi connectivity index (χ0) is 11.1. The molecule has 1 aliphatic carbocycles. The number of hydrogen-bond donors (Lipinski definition) is 2. The van der Waals surface area contributed by atoms with E-state index in [1.54, 1.807) is 0 Å². The van der Waals surface area contributed by atoms with E-state index >= 15 is 0 Å². The van der Waals surface area contributed by atoms with E-state index in [2.05, 4.69) is 0 Å². The van der Waals surface area contributed by atoms with Gasteiger partial charge in [0, 0.05) is 16.1 Å². The van der Waals surface area contributed by atoms with Gasteiger partial charge in [-0.1, -0.05) is 30.5 Å². The van der Waals surface area contributed by atoms with Crippen molar-refractivity contribution in [1.29, 1.82) is 0 Å². The van der Waals surface area contributed by atoms with Gasteiger partial charge in [0.2, 0.25) is 0 Å². The van der Waals surface area contributed by atoms with Crippen LogP contribution in [0.2, 0.25) is 5.02 Å². The third-order valence-corrected chi connectivity index (χ3v) is 3.64. The van der Waals surface area contributed by atoms with Crippen molar-refractivity contribution in [3.05, 3.63) is 28.3 Å². The van der Waals surface area contributed by atoms with Crippen molar-refractivity contribution < 1.29 is 5.11 Å². The first kappa shape index (κ1) is 10.8. The molecule has 82 valence electrons. The predicted molar refractivity (Wildman–Crippen MR) is 62.2 cm³/mol. The van der Waals surface area contributed by atoms with Crippen molar-refractivity contribution >= 4 is 11.6 Å². The smallest absolute Gasteiger partial charge is 0.125 e. The van der Waals surface area contributed by atoms with E-state index in [9.17, 15) is 5.11 Å². The molecule has 0 heterocycles. The van der Waals surface area contributed by atoms with Crippen LogP contribution < -0.4 is 5.73 Å². The van der Waals surface area contributed by atoms with E-state index < -0.39 is 5.54 Å². The number of aryl methyl sites for hydroxylation is 1. The Hall–Kier alpha value is -0.730. The molecule has 3 N–H and O–H groups in total. The summed E-state index contributed by atoms with van der Waals surface area (Å²) < 4.78 is 0. The van der Waals surface area contributed by atoms with Crippen molar-refractivity contribution in [2.45, 2.75) is 38.1 Å². The molecule has 0 unspecified atom stereocenters. The summed E-state index contributed by atoms with van der Waals surface area (Å²) in [6.45, 7) is 1.87. The number of nitrogens with two attached hydrogens (primary N) is 1. The molecule has 0 aromatic heterocycles. The molecule has 0 atom stereocenters. The van der Waals surface area contributed by atoms with Crippen molar-refractivity contribution in [2.24, 2.45) is 5.73 Å². The molecule has 0 bridgehead atoms. The number of phenolic OH excluding ortho intramolecular Hbond substituents is 1. The van der Waals surface area contributed by atoms with E-state index in [0.717, 1.165) is 36.8 Å². The van der Waals surface area contributed by atoms with Crippen LogP contribution in [-0.4, -0.2) is 5.11 Å². The fourth-order valence-electron chi connectivity index (χ4n) is 2.40. The van der Waals surface area contributed by atoms with Crippen molar-refractivity contribution in [3.8, 4) is 5.75 Å². The Labute approximate surface area is 95.1 Å². The fourth-order valence-corrected chi connectivity index (χ4v) is 2.74. The minimum Gasteiger partial charge on any atom is -0.507 e. The van der Waals surface area contributed by atoms with Gasteiger partial charge in [0.1, 0.15) is 5.75 Å². The van der Waals surface area contributed by atoms with E-state index in [0.29, 0.717) is 5.02 Å². The number of aromatic hydroxyl groups is 1. The Bertz CT molecular complexity index is 383. The summed E-state index contributed by atoms with van der Waals surface area (Å²) >= 11 is 6.13. The molecule has 1 fully saturated rings. The lowest BCUT2D eigenvalue weighted by atomic mass is 9.87. The summed E-state index contributed by atoms with van der Waals surface area (Å²) in [5.74, 6) is 0.270. The number of hydrogen-bond acceptors (Lipinski definition) is 2. The van der Waals surface area contributed by atoms with Gasteiger partial charge >= 0.3 is 0 Å². The number of benzene rings is 1. The van der Waals surface area contributed by atoms with Gasteiger partial charge in [0.25, 0.3) is 0 Å². The molecule has 0 radical (unpaired) electrons. The second-order valence-corrected chi connectivity index (χ2v) is 4.86. The maximum absolute atomic E-state index is 10.0. The summed E-state index contributed by atoms with van der Waals surface area (Å²) in [5, 5.41) is 10.6. The topological polar surface area (TPSA) is 46.2 Å². The minimum absolute atomic E-state index is 0.270. The van der Waals surface area contributed by atoms with Gasteiger partial charge in [0.05, 0.1) is 0 Å². The van der Waals surface area contributed by atoms with Gasteiger partial charge in [-0.05, 0) is 31.4 Å². The van der Waals surface area contributed by atoms with Crippen LogP contribution in [0.15, 0.2) is 12.1 Å². The SMILES string of the molecule is Cc1ccc(Cl)c(C2(N)CCCC2)c1O. The van der Waals surface area contributed by atoms with Gasteiger partial charge in [0.15, 0.2) is 0 Å². The Morgan fingerprint density at radius 1 is 1.33 bits per heavy atom. The van der Waals surface area contributed by atoms with Crippen LogP contribution in [-0.2, 0) is 5.54 Å². The molecule has 1 saturated carbocycles. The highest BCUT2D eigenvalue weighted by molar-refractivity contribution is 6.31. The molecule has 1 aliphatic rings. The van der Waals surface area contributed by atoms with Crippen LogP contribution in [0, 0.1) is 6.92 Å². The van der Waals surface area contributed by atoms with Crippen LogP contribution in [0.3, 0.4) is 0 Å². The Balaban J connectivity index is 2.55. The zero-order valence-electron chi connectivity index (χ0n) is 8.89. The third kappa shape index (κ3) is 1.72. The normalized spacial score (nSPS) is 19.4. The van der Waals surface area contributed by atoms with E-state index in [-0.39, 0.29) is 5.75 Å². The fraction of sp³-hybridized carbons (Fsp3) is 0.500. The largest absolute Gasteiger partial charge is 0.507 e. The van der Waals surface area contributed by atoms with Gasteiger partial charge in [-0.25, -0.2) is 0 Å². The highest BCUT2D eigenvalue weighted by Crippen LogP contribution is 2.44. The predicted octanol–water partition coefficient (Wildman–Crippen LogP) is 3.08. The van der Waals surface area contributed by atoms with Gasteiger partial charge in [-0.3, -0.25) is 0 Å². The Morgan fingerprint density at radius 2 is 1.93 bits per heavy atom. The molecule has 0 saturated heterocycles. The second kappa shape index (κ2) is 3.69. The molecule has 3 heteroatoms. The highest BCUT2D eigenvalue weighted by Gasteiger charge is 2.35. The zero-order valence-corrected chi connectivity index (χ0v) is 9.64. The molecule has 1 aromatic carbocycles. The lowest BCUT2D eigenvalue weighted by Gasteiger charge is -2.26. The monoisotopic (exact) mass is 225 g/mol. The van der Waals surface area contributed by atoms with Crippen LogP contribution in [0.4, 0.5) is 0 Å². The summed E-state index contributed by atoms with van der Waals surface area (Å²) in [6.07, 6.45) is 4.04. The van der Waals surface area contributed by atoms with Crippen LogP contribution in [0.25, 0.3) is 0 Å². The Morgan fingerprint density at radius 3 is 2.53 bits per heavy atom.